The molecule has 2 amide bonds. The fourth-order valence-corrected chi connectivity index (χ4v) is 3.99. The number of hydrogen-bond acceptors (Lipinski definition) is 4. The molecule has 6 heteroatoms. The van der Waals surface area contributed by atoms with Crippen LogP contribution in [-0.2, 0) is 17.6 Å². The first-order valence-electron chi connectivity index (χ1n) is 9.73. The van der Waals surface area contributed by atoms with Crippen LogP contribution in [0.15, 0.2) is 54.6 Å². The number of carbonyl (C=O) groups excluding carboxylic acids is 2. The maximum atomic E-state index is 12.7. The monoisotopic (exact) mass is 407 g/mol. The zero-order valence-corrected chi connectivity index (χ0v) is 17.8. The maximum absolute atomic E-state index is 12.7. The molecule has 0 fully saturated rings. The first-order valence-corrected chi connectivity index (χ1v) is 10.6. The van der Waals surface area contributed by atoms with Crippen LogP contribution in [0.2, 0.25) is 0 Å². The van der Waals surface area contributed by atoms with E-state index in [0.29, 0.717) is 23.5 Å². The minimum atomic E-state index is -0.148. The Hall–Kier alpha value is -2.99. The van der Waals surface area contributed by atoms with Crippen LogP contribution < -0.4 is 10.2 Å². The average Bonchev–Trinajstić information content (AvgIpc) is 3.12. The van der Waals surface area contributed by atoms with Gasteiger partial charge in [0.15, 0.2) is 0 Å². The molecule has 0 saturated carbocycles. The molecular formula is C23H25N3O2S. The second kappa shape index (κ2) is 9.47. The highest BCUT2D eigenvalue weighted by Crippen LogP contribution is 2.21. The van der Waals surface area contributed by atoms with Gasteiger partial charge in [-0.05, 0) is 50.1 Å². The minimum absolute atomic E-state index is 0.0443. The summed E-state index contributed by atoms with van der Waals surface area (Å²) in [6.07, 6.45) is 1.13. The first-order chi connectivity index (χ1) is 14.0. The van der Waals surface area contributed by atoms with Crippen LogP contribution in [0.5, 0.6) is 0 Å². The fourth-order valence-electron chi connectivity index (χ4n) is 3.09. The van der Waals surface area contributed by atoms with E-state index in [1.54, 1.807) is 4.90 Å². The summed E-state index contributed by atoms with van der Waals surface area (Å²) in [5.74, 6) is -0.104. The molecule has 3 aromatic rings. The smallest absolute Gasteiger partial charge is 0.267 e. The van der Waals surface area contributed by atoms with Gasteiger partial charge >= 0.3 is 0 Å². The number of para-hydroxylation sites is 1. The molecular weight excluding hydrogens is 382 g/mol. The second-order valence-corrected chi connectivity index (χ2v) is 7.76. The number of hydrogen-bond donors (Lipinski definition) is 1. The van der Waals surface area contributed by atoms with Crippen molar-refractivity contribution in [3.63, 3.8) is 0 Å². The van der Waals surface area contributed by atoms with Crippen LogP contribution in [-0.4, -0.2) is 23.3 Å². The zero-order valence-electron chi connectivity index (χ0n) is 16.9. The number of amides is 2. The van der Waals surface area contributed by atoms with Gasteiger partial charge < -0.3 is 10.2 Å². The van der Waals surface area contributed by atoms with Gasteiger partial charge in [0.2, 0.25) is 5.91 Å². The van der Waals surface area contributed by atoms with Crippen molar-refractivity contribution in [1.82, 2.24) is 4.98 Å². The van der Waals surface area contributed by atoms with Gasteiger partial charge in [0.1, 0.15) is 4.88 Å². The van der Waals surface area contributed by atoms with Crippen molar-refractivity contribution in [2.75, 3.05) is 16.8 Å². The molecule has 1 heterocycles. The van der Waals surface area contributed by atoms with Crippen LogP contribution in [0.1, 0.15) is 39.8 Å². The molecule has 150 valence electrons. The molecule has 29 heavy (non-hydrogen) atoms. The summed E-state index contributed by atoms with van der Waals surface area (Å²) >= 11 is 1.43. The Morgan fingerprint density at radius 3 is 2.31 bits per heavy atom. The molecule has 0 spiro atoms. The van der Waals surface area contributed by atoms with Crippen molar-refractivity contribution in [1.29, 1.82) is 0 Å². The van der Waals surface area contributed by atoms with Crippen molar-refractivity contribution in [2.45, 2.75) is 33.6 Å². The molecule has 1 N–H and O–H groups in total. The van der Waals surface area contributed by atoms with E-state index in [9.17, 15) is 9.59 Å². The third-order valence-corrected chi connectivity index (χ3v) is 5.90. The number of nitrogens with zero attached hydrogens (tertiary/aromatic N) is 2. The number of rotatable bonds is 7. The molecule has 0 aliphatic carbocycles. The Labute approximate surface area is 175 Å². The van der Waals surface area contributed by atoms with Gasteiger partial charge in [0.05, 0.1) is 17.1 Å². The van der Waals surface area contributed by atoms with Crippen molar-refractivity contribution < 1.29 is 9.59 Å². The van der Waals surface area contributed by atoms with Gasteiger partial charge in [0.25, 0.3) is 5.91 Å². The van der Waals surface area contributed by atoms with Crippen molar-refractivity contribution in [3.05, 3.63) is 75.7 Å². The number of aryl methyl sites for hydroxylation is 2. The lowest BCUT2D eigenvalue weighted by atomic mass is 10.1. The largest absolute Gasteiger partial charge is 0.321 e. The molecule has 0 unspecified atom stereocenters. The number of nitrogens with one attached hydrogen (secondary N) is 1. The Morgan fingerprint density at radius 1 is 1.03 bits per heavy atom. The van der Waals surface area contributed by atoms with E-state index in [1.165, 1.54) is 11.3 Å². The number of carbonyl (C=O) groups is 2. The van der Waals surface area contributed by atoms with E-state index in [-0.39, 0.29) is 11.8 Å². The van der Waals surface area contributed by atoms with Gasteiger partial charge in [-0.25, -0.2) is 4.98 Å². The van der Waals surface area contributed by atoms with Crippen molar-refractivity contribution in [3.8, 4) is 0 Å². The van der Waals surface area contributed by atoms with Crippen LogP contribution in [0, 0.1) is 6.92 Å². The molecule has 0 bridgehead atoms. The van der Waals surface area contributed by atoms with E-state index < -0.39 is 0 Å². The third kappa shape index (κ3) is 5.09. The molecule has 1 aromatic heterocycles. The van der Waals surface area contributed by atoms with E-state index in [0.717, 1.165) is 28.4 Å². The van der Waals surface area contributed by atoms with E-state index in [1.807, 2.05) is 75.4 Å². The fraction of sp³-hybridized carbons (Fsp3) is 0.261. The number of aromatic nitrogens is 1. The minimum Gasteiger partial charge on any atom is -0.321 e. The van der Waals surface area contributed by atoms with E-state index in [2.05, 4.69) is 10.3 Å². The Kier molecular flexibility index (Phi) is 6.77. The molecule has 0 radical (unpaired) electrons. The van der Waals surface area contributed by atoms with Gasteiger partial charge in [-0.3, -0.25) is 9.59 Å². The molecule has 0 aliphatic heterocycles. The topological polar surface area (TPSA) is 62.3 Å². The number of thiazole rings is 1. The number of likely N-dealkylation sites (N-methyl/N-ethyl adjacent to an activating group) is 1. The first kappa shape index (κ1) is 20.7. The summed E-state index contributed by atoms with van der Waals surface area (Å²) in [4.78, 5) is 32.0. The average molecular weight is 408 g/mol. The normalized spacial score (nSPS) is 10.6. The van der Waals surface area contributed by atoms with Crippen molar-refractivity contribution in [2.24, 2.45) is 0 Å². The van der Waals surface area contributed by atoms with Crippen LogP contribution in [0.25, 0.3) is 0 Å². The Bertz CT molecular complexity index is 981. The number of anilines is 2. The summed E-state index contributed by atoms with van der Waals surface area (Å²) in [5.41, 5.74) is 3.26. The van der Waals surface area contributed by atoms with Crippen LogP contribution in [0.4, 0.5) is 11.4 Å². The Balaban J connectivity index is 1.64. The van der Waals surface area contributed by atoms with E-state index in [4.69, 9.17) is 0 Å². The van der Waals surface area contributed by atoms with Gasteiger partial charge in [-0.2, -0.15) is 0 Å². The standard InChI is InChI=1S/C23H25N3O2S/c1-4-20-24-16(3)22(29-20)23(28)25-18-13-11-17(12-14-18)15-21(27)26(5-2)19-9-7-6-8-10-19/h6-14H,4-5,15H2,1-3H3,(H,25,28). The predicted octanol–water partition coefficient (Wildman–Crippen LogP) is 4.86. The lowest BCUT2D eigenvalue weighted by Gasteiger charge is -2.21. The number of benzene rings is 2. The predicted molar refractivity (Wildman–Crippen MR) is 119 cm³/mol. The quantitative estimate of drug-likeness (QED) is 0.608. The van der Waals surface area contributed by atoms with Crippen LogP contribution >= 0.6 is 11.3 Å². The summed E-state index contributed by atoms with van der Waals surface area (Å²) in [5, 5.41) is 3.87. The van der Waals surface area contributed by atoms with Crippen molar-refractivity contribution >= 4 is 34.5 Å². The summed E-state index contributed by atoms with van der Waals surface area (Å²) < 4.78 is 0. The summed E-state index contributed by atoms with van der Waals surface area (Å²) in [7, 11) is 0. The van der Waals surface area contributed by atoms with Gasteiger partial charge in [-0.1, -0.05) is 37.3 Å². The molecule has 0 saturated heterocycles. The molecule has 0 aliphatic rings. The molecule has 2 aromatic carbocycles. The maximum Gasteiger partial charge on any atom is 0.267 e. The highest BCUT2D eigenvalue weighted by Gasteiger charge is 2.16. The van der Waals surface area contributed by atoms with Gasteiger partial charge in [0, 0.05) is 17.9 Å². The molecule has 5 nitrogen and oxygen atoms in total. The SMILES string of the molecule is CCc1nc(C)c(C(=O)Nc2ccc(CC(=O)N(CC)c3ccccc3)cc2)s1. The zero-order chi connectivity index (χ0) is 20.8. The second-order valence-electron chi connectivity index (χ2n) is 6.68. The third-order valence-electron chi connectivity index (χ3n) is 4.60. The Morgan fingerprint density at radius 2 is 1.72 bits per heavy atom. The molecule has 0 atom stereocenters. The van der Waals surface area contributed by atoms with Crippen LogP contribution in [0.3, 0.4) is 0 Å². The van der Waals surface area contributed by atoms with Gasteiger partial charge in [-0.15, -0.1) is 11.3 Å². The highest BCUT2D eigenvalue weighted by atomic mass is 32.1. The molecule has 3 rings (SSSR count). The lowest BCUT2D eigenvalue weighted by molar-refractivity contribution is -0.117. The lowest BCUT2D eigenvalue weighted by Crippen LogP contribution is -2.31. The van der Waals surface area contributed by atoms with E-state index >= 15 is 0 Å². The summed E-state index contributed by atoms with van der Waals surface area (Å²) in [6.45, 7) is 6.46. The summed E-state index contributed by atoms with van der Waals surface area (Å²) in [6, 6.07) is 17.1. The highest BCUT2D eigenvalue weighted by molar-refractivity contribution is 7.13.